The van der Waals surface area contributed by atoms with E-state index in [0.29, 0.717) is 17.7 Å². The summed E-state index contributed by atoms with van der Waals surface area (Å²) >= 11 is 1.83. The molecular weight excluding hydrogens is 873 g/mol. The summed E-state index contributed by atoms with van der Waals surface area (Å²) in [6, 6.07) is 82.7. The summed E-state index contributed by atoms with van der Waals surface area (Å²) in [6.45, 7) is 0. The van der Waals surface area contributed by atoms with Crippen LogP contribution in [-0.4, -0.2) is 28.7 Å². The molecule has 0 aliphatic heterocycles. The van der Waals surface area contributed by atoms with E-state index in [1.54, 1.807) is 0 Å². The molecule has 0 N–H and O–H groups in total. The minimum Gasteiger partial charge on any atom is -0.309 e. The summed E-state index contributed by atoms with van der Waals surface area (Å²) < 4.78 is 9.35. The number of thiophene rings is 1. The van der Waals surface area contributed by atoms with Crippen molar-refractivity contribution in [2.75, 3.05) is 0 Å². The second kappa shape index (κ2) is 15.2. The van der Waals surface area contributed by atoms with Gasteiger partial charge in [0, 0.05) is 63.6 Å². The van der Waals surface area contributed by atoms with Crippen LogP contribution in [0.5, 0.6) is 0 Å². The van der Waals surface area contributed by atoms with Gasteiger partial charge in [0.1, 0.15) is 0 Å². The predicted octanol–water partition coefficient (Wildman–Crippen LogP) is 16.5. The second-order valence-corrected chi connectivity index (χ2v) is 19.0. The summed E-state index contributed by atoms with van der Waals surface area (Å²) in [5.74, 6) is 1.66. The van der Waals surface area contributed by atoms with Crippen LogP contribution in [0.25, 0.3) is 137 Å². The Hall–Kier alpha value is -9.17. The number of hydrogen-bond acceptors (Lipinski definition) is 4. The van der Waals surface area contributed by atoms with Crippen molar-refractivity contribution >= 4 is 96.9 Å². The summed E-state index contributed by atoms with van der Waals surface area (Å²) in [5.41, 5.74) is 12.7. The van der Waals surface area contributed by atoms with E-state index in [2.05, 4.69) is 244 Å². The lowest BCUT2D eigenvalue weighted by molar-refractivity contribution is 0.893. The van der Waals surface area contributed by atoms with Crippen LogP contribution in [-0.2, 0) is 0 Å². The van der Waals surface area contributed by atoms with Crippen LogP contribution in [0, 0.1) is 0 Å². The Kier molecular flexibility index (Phi) is 8.43. The third-order valence-corrected chi connectivity index (χ3v) is 15.3. The topological polar surface area (TPSA) is 53.5 Å². The molecule has 5 heterocycles. The SMILES string of the molecule is c1ccc(-n2c3ccccc3c3ccccc32)c(-c2ccc(-c3ccc4sc5ccccc5c4c3)c(-c3nc(-n4c5ccccc5c5ccccc54)nc(-n4c5ccccc5c5ccccc54)n3)c2)c1. The van der Waals surface area contributed by atoms with Crippen molar-refractivity contribution in [3.63, 3.8) is 0 Å². The fourth-order valence-corrected chi connectivity index (χ4v) is 12.2. The molecule has 0 amide bonds. The van der Waals surface area contributed by atoms with Gasteiger partial charge in [0.25, 0.3) is 0 Å². The maximum Gasteiger partial charge on any atom is 0.240 e. The number of aromatic nitrogens is 6. The Morgan fingerprint density at radius 2 is 0.671 bits per heavy atom. The molecule has 0 aliphatic rings. The van der Waals surface area contributed by atoms with E-state index in [4.69, 9.17) is 15.0 Å². The maximum atomic E-state index is 5.62. The maximum absolute atomic E-state index is 5.62. The van der Waals surface area contributed by atoms with Gasteiger partial charge in [-0.1, -0.05) is 164 Å². The summed E-state index contributed by atoms with van der Waals surface area (Å²) in [5, 5.41) is 9.49. The monoisotopic (exact) mass is 910 g/mol. The van der Waals surface area contributed by atoms with Crippen LogP contribution in [0.3, 0.4) is 0 Å². The van der Waals surface area contributed by atoms with Gasteiger partial charge < -0.3 is 4.57 Å². The first-order chi connectivity index (χ1) is 34.7. The number of nitrogens with zero attached hydrogens (tertiary/aromatic N) is 6. The van der Waals surface area contributed by atoms with E-state index in [1.165, 1.54) is 30.9 Å². The summed E-state index contributed by atoms with van der Waals surface area (Å²) in [6.07, 6.45) is 0. The lowest BCUT2D eigenvalue weighted by Crippen LogP contribution is -2.10. The van der Waals surface area contributed by atoms with E-state index in [1.807, 2.05) is 11.3 Å². The lowest BCUT2D eigenvalue weighted by atomic mass is 9.93. The number of benzene rings is 10. The normalized spacial score (nSPS) is 12.0. The highest BCUT2D eigenvalue weighted by Crippen LogP contribution is 2.43. The van der Waals surface area contributed by atoms with Gasteiger partial charge in [-0.2, -0.15) is 15.0 Å². The highest BCUT2D eigenvalue weighted by Gasteiger charge is 2.24. The molecule has 6 nitrogen and oxygen atoms in total. The van der Waals surface area contributed by atoms with Crippen molar-refractivity contribution in [2.45, 2.75) is 0 Å². The van der Waals surface area contributed by atoms with Crippen molar-refractivity contribution in [2.24, 2.45) is 0 Å². The van der Waals surface area contributed by atoms with Crippen molar-refractivity contribution in [1.29, 1.82) is 0 Å². The van der Waals surface area contributed by atoms with E-state index in [9.17, 15) is 0 Å². The van der Waals surface area contributed by atoms with Crippen molar-refractivity contribution in [3.05, 3.63) is 231 Å². The van der Waals surface area contributed by atoms with Crippen molar-refractivity contribution in [3.8, 4) is 51.2 Å². The summed E-state index contributed by atoms with van der Waals surface area (Å²) in [7, 11) is 0. The average Bonchev–Trinajstić information content (AvgIpc) is 4.17. The molecule has 5 aromatic heterocycles. The van der Waals surface area contributed by atoms with E-state index >= 15 is 0 Å². The Morgan fingerprint density at radius 3 is 1.20 bits per heavy atom. The Morgan fingerprint density at radius 1 is 0.271 bits per heavy atom. The molecule has 0 saturated carbocycles. The number of hydrogen-bond donors (Lipinski definition) is 0. The van der Waals surface area contributed by atoms with E-state index < -0.39 is 0 Å². The molecular formula is C63H38N6S. The molecule has 0 spiro atoms. The second-order valence-electron chi connectivity index (χ2n) is 18.0. The first-order valence-corrected chi connectivity index (χ1v) is 24.4. The van der Waals surface area contributed by atoms with Crippen LogP contribution in [0.15, 0.2) is 231 Å². The molecule has 0 fully saturated rings. The first-order valence-electron chi connectivity index (χ1n) is 23.6. The van der Waals surface area contributed by atoms with Crippen LogP contribution in [0.2, 0.25) is 0 Å². The van der Waals surface area contributed by atoms with Crippen LogP contribution in [0.4, 0.5) is 0 Å². The van der Waals surface area contributed by atoms with Gasteiger partial charge in [-0.3, -0.25) is 9.13 Å². The molecule has 326 valence electrons. The fourth-order valence-electron chi connectivity index (χ4n) is 11.1. The van der Waals surface area contributed by atoms with E-state index in [-0.39, 0.29) is 0 Å². The van der Waals surface area contributed by atoms with Crippen LogP contribution in [0.1, 0.15) is 0 Å². The Bertz CT molecular complexity index is 4330. The molecule has 0 unspecified atom stereocenters. The zero-order valence-electron chi connectivity index (χ0n) is 37.5. The van der Waals surface area contributed by atoms with Crippen LogP contribution >= 0.6 is 11.3 Å². The number of fused-ring (bicyclic) bond motifs is 12. The smallest absolute Gasteiger partial charge is 0.240 e. The zero-order chi connectivity index (χ0) is 45.9. The fraction of sp³-hybridized carbons (Fsp3) is 0. The zero-order valence-corrected chi connectivity index (χ0v) is 38.3. The minimum atomic E-state index is 0.542. The molecule has 10 aromatic carbocycles. The quantitative estimate of drug-likeness (QED) is 0.167. The lowest BCUT2D eigenvalue weighted by Gasteiger charge is -2.17. The van der Waals surface area contributed by atoms with Crippen LogP contribution < -0.4 is 0 Å². The minimum absolute atomic E-state index is 0.542. The third-order valence-electron chi connectivity index (χ3n) is 14.2. The van der Waals surface area contributed by atoms with Gasteiger partial charge in [-0.05, 0) is 83.4 Å². The van der Waals surface area contributed by atoms with Gasteiger partial charge in [0.2, 0.25) is 11.9 Å². The number of rotatable bonds is 6. The molecule has 70 heavy (non-hydrogen) atoms. The molecule has 15 rings (SSSR count). The molecule has 0 aliphatic carbocycles. The largest absolute Gasteiger partial charge is 0.309 e. The van der Waals surface area contributed by atoms with Gasteiger partial charge in [-0.25, -0.2) is 0 Å². The Balaban J connectivity index is 1.05. The molecule has 0 atom stereocenters. The van der Waals surface area contributed by atoms with Crippen molar-refractivity contribution in [1.82, 2.24) is 28.7 Å². The van der Waals surface area contributed by atoms with Gasteiger partial charge in [0.05, 0.1) is 38.8 Å². The van der Waals surface area contributed by atoms with Gasteiger partial charge in [0.15, 0.2) is 5.82 Å². The third kappa shape index (κ3) is 5.76. The molecule has 0 bridgehead atoms. The van der Waals surface area contributed by atoms with Crippen molar-refractivity contribution < 1.29 is 0 Å². The average molecular weight is 911 g/mol. The van der Waals surface area contributed by atoms with Gasteiger partial charge >= 0.3 is 0 Å². The van der Waals surface area contributed by atoms with E-state index in [0.717, 1.165) is 88.1 Å². The first kappa shape index (κ1) is 38.9. The predicted molar refractivity (Wildman–Crippen MR) is 292 cm³/mol. The molecule has 15 aromatic rings. The molecule has 7 heteroatoms. The Labute approximate surface area is 405 Å². The standard InChI is InChI=1S/C63H38N6S/c1-9-25-52(67-53-26-10-2-18-43(53)44-19-3-11-27-54(44)67)42(17-1)40-33-35-41(39-34-36-60-50(37-39)49-24-8-16-32-59(49)70-60)51(38-40)61-64-62(68-55-28-12-4-20-45(55)46-21-5-13-29-56(46)68)66-63(65-61)69-57-30-14-6-22-47(57)48-23-7-15-31-58(48)69/h1-38H. The summed E-state index contributed by atoms with van der Waals surface area (Å²) in [4.78, 5) is 16.7. The number of para-hydroxylation sites is 7. The van der Waals surface area contributed by atoms with Gasteiger partial charge in [-0.15, -0.1) is 11.3 Å². The molecule has 0 saturated heterocycles. The molecule has 0 radical (unpaired) electrons. The highest BCUT2D eigenvalue weighted by atomic mass is 32.1. The highest BCUT2D eigenvalue weighted by molar-refractivity contribution is 7.25.